The lowest BCUT2D eigenvalue weighted by molar-refractivity contribution is 0.322. The van der Waals surface area contributed by atoms with Crippen LogP contribution in [0.4, 0.5) is 0 Å². The van der Waals surface area contributed by atoms with E-state index in [1.165, 1.54) is 16.9 Å². The highest BCUT2D eigenvalue weighted by molar-refractivity contribution is 7.91. The Morgan fingerprint density at radius 1 is 1.14 bits per heavy atom. The van der Waals surface area contributed by atoms with Gasteiger partial charge in [0.1, 0.15) is 4.21 Å². The maximum absolute atomic E-state index is 12.1. The molecule has 0 aliphatic heterocycles. The highest BCUT2D eigenvalue weighted by atomic mass is 32.2. The molecule has 0 atom stereocenters. The van der Waals surface area contributed by atoms with Gasteiger partial charge in [-0.15, -0.1) is 11.3 Å². The Balaban J connectivity index is 1.73. The van der Waals surface area contributed by atoms with E-state index in [1.54, 1.807) is 6.07 Å². The van der Waals surface area contributed by atoms with Crippen molar-refractivity contribution in [2.45, 2.75) is 24.1 Å². The summed E-state index contributed by atoms with van der Waals surface area (Å²) in [6.07, 6.45) is 0.785. The Hall–Kier alpha value is -1.21. The maximum Gasteiger partial charge on any atom is 0.250 e. The molecule has 0 fully saturated rings. The lowest BCUT2D eigenvalue weighted by Gasteiger charge is -2.16. The van der Waals surface area contributed by atoms with E-state index in [0.717, 1.165) is 24.4 Å². The summed E-state index contributed by atoms with van der Waals surface area (Å²) >= 11 is 1.30. The van der Waals surface area contributed by atoms with Gasteiger partial charge >= 0.3 is 0 Å². The van der Waals surface area contributed by atoms with E-state index >= 15 is 0 Å². The molecule has 0 aliphatic carbocycles. The number of hydrogen-bond acceptors (Lipinski definition) is 4. The zero-order chi connectivity index (χ0) is 16.0. The van der Waals surface area contributed by atoms with Gasteiger partial charge < -0.3 is 4.90 Å². The maximum atomic E-state index is 12.1. The average molecular weight is 338 g/mol. The Bertz CT molecular complexity index is 681. The van der Waals surface area contributed by atoms with Crippen molar-refractivity contribution in [1.29, 1.82) is 0 Å². The van der Waals surface area contributed by atoms with Crippen LogP contribution in [0.5, 0.6) is 0 Å². The fraction of sp³-hybridized carbons (Fsp3) is 0.375. The second-order valence-electron chi connectivity index (χ2n) is 5.34. The number of benzene rings is 1. The van der Waals surface area contributed by atoms with Crippen LogP contribution in [0.15, 0.2) is 46.7 Å². The van der Waals surface area contributed by atoms with Gasteiger partial charge in [0, 0.05) is 18.0 Å². The van der Waals surface area contributed by atoms with Crippen LogP contribution >= 0.6 is 11.3 Å². The van der Waals surface area contributed by atoms with Crippen molar-refractivity contribution < 1.29 is 8.42 Å². The van der Waals surface area contributed by atoms with Gasteiger partial charge in [0.2, 0.25) is 10.0 Å². The van der Waals surface area contributed by atoms with Crippen molar-refractivity contribution >= 4 is 21.4 Å². The number of aryl methyl sites for hydroxylation is 1. The van der Waals surface area contributed by atoms with Crippen molar-refractivity contribution in [2.75, 3.05) is 20.1 Å². The highest BCUT2D eigenvalue weighted by Crippen LogP contribution is 2.20. The van der Waals surface area contributed by atoms with Crippen molar-refractivity contribution in [3.05, 3.63) is 52.9 Å². The second kappa shape index (κ2) is 7.87. The van der Waals surface area contributed by atoms with Crippen LogP contribution in [0.1, 0.15) is 16.9 Å². The summed E-state index contributed by atoms with van der Waals surface area (Å²) in [5, 5.41) is 0. The molecule has 1 heterocycles. The molecule has 0 bridgehead atoms. The molecule has 4 nitrogen and oxygen atoms in total. The molecule has 0 saturated carbocycles. The molecule has 0 saturated heterocycles. The van der Waals surface area contributed by atoms with Gasteiger partial charge in [0.05, 0.1) is 0 Å². The minimum atomic E-state index is -3.35. The van der Waals surface area contributed by atoms with E-state index in [4.69, 9.17) is 0 Å². The lowest BCUT2D eigenvalue weighted by atomic mass is 10.2. The molecule has 2 rings (SSSR count). The van der Waals surface area contributed by atoms with Gasteiger partial charge in [-0.05, 0) is 44.6 Å². The Kier molecular flexibility index (Phi) is 6.14. The minimum absolute atomic E-state index is 0.391. The predicted octanol–water partition coefficient (Wildman–Crippen LogP) is 2.86. The fourth-order valence-corrected chi connectivity index (χ4v) is 4.56. The monoisotopic (exact) mass is 338 g/mol. The van der Waals surface area contributed by atoms with Crippen molar-refractivity contribution in [3.8, 4) is 0 Å². The largest absolute Gasteiger partial charge is 0.302 e. The van der Waals surface area contributed by atoms with E-state index in [9.17, 15) is 8.42 Å². The fourth-order valence-electron chi connectivity index (χ4n) is 2.16. The van der Waals surface area contributed by atoms with Gasteiger partial charge in [-0.1, -0.05) is 30.3 Å². The van der Waals surface area contributed by atoms with E-state index in [2.05, 4.69) is 21.8 Å². The van der Waals surface area contributed by atoms with Crippen LogP contribution in [0.3, 0.4) is 0 Å². The van der Waals surface area contributed by atoms with E-state index in [-0.39, 0.29) is 0 Å². The molecular formula is C16H22N2O2S2. The van der Waals surface area contributed by atoms with Crippen molar-refractivity contribution in [2.24, 2.45) is 0 Å². The van der Waals surface area contributed by atoms with Gasteiger partial charge in [0.25, 0.3) is 0 Å². The van der Waals surface area contributed by atoms with Gasteiger partial charge in [-0.2, -0.15) is 0 Å². The summed E-state index contributed by atoms with van der Waals surface area (Å²) in [5.41, 5.74) is 1.26. The molecule has 0 aliphatic rings. The molecule has 0 radical (unpaired) electrons. The number of nitrogens with one attached hydrogen (secondary N) is 1. The topological polar surface area (TPSA) is 49.4 Å². The third-order valence-corrected chi connectivity index (χ3v) is 6.24. The zero-order valence-electron chi connectivity index (χ0n) is 13.0. The van der Waals surface area contributed by atoms with Gasteiger partial charge in [0.15, 0.2) is 0 Å². The van der Waals surface area contributed by atoms with Gasteiger partial charge in [-0.25, -0.2) is 13.1 Å². The average Bonchev–Trinajstić information content (AvgIpc) is 2.92. The van der Waals surface area contributed by atoms with Crippen LogP contribution in [-0.2, 0) is 16.6 Å². The minimum Gasteiger partial charge on any atom is -0.302 e. The molecule has 120 valence electrons. The lowest BCUT2D eigenvalue weighted by Crippen LogP contribution is -2.27. The molecule has 6 heteroatoms. The quantitative estimate of drug-likeness (QED) is 0.753. The molecule has 2 aromatic rings. The van der Waals surface area contributed by atoms with E-state index in [0.29, 0.717) is 10.8 Å². The first-order chi connectivity index (χ1) is 10.5. The molecule has 1 aromatic carbocycles. The first-order valence-electron chi connectivity index (χ1n) is 7.26. The van der Waals surface area contributed by atoms with Crippen LogP contribution < -0.4 is 4.72 Å². The molecule has 1 aromatic heterocycles. The Morgan fingerprint density at radius 3 is 2.50 bits per heavy atom. The van der Waals surface area contributed by atoms with Crippen LogP contribution in [0, 0.1) is 6.92 Å². The second-order valence-corrected chi connectivity index (χ2v) is 8.62. The first kappa shape index (κ1) is 17.1. The summed E-state index contributed by atoms with van der Waals surface area (Å²) in [5.74, 6) is 0. The molecule has 0 unspecified atom stereocenters. The SMILES string of the molecule is Cc1ccc(S(=O)(=O)NCCCN(C)Cc2ccccc2)s1. The highest BCUT2D eigenvalue weighted by Gasteiger charge is 2.15. The van der Waals surface area contributed by atoms with Crippen LogP contribution in [-0.4, -0.2) is 33.5 Å². The van der Waals surface area contributed by atoms with Gasteiger partial charge in [-0.3, -0.25) is 0 Å². The van der Waals surface area contributed by atoms with E-state index < -0.39 is 10.0 Å². The van der Waals surface area contributed by atoms with Crippen LogP contribution in [0.25, 0.3) is 0 Å². The van der Waals surface area contributed by atoms with E-state index in [1.807, 2.05) is 38.2 Å². The summed E-state index contributed by atoms with van der Waals surface area (Å²) in [4.78, 5) is 3.20. The normalized spacial score (nSPS) is 12.0. The number of sulfonamides is 1. The van der Waals surface area contributed by atoms with Crippen molar-refractivity contribution in [1.82, 2.24) is 9.62 Å². The molecule has 0 amide bonds. The number of thiophene rings is 1. The standard InChI is InChI=1S/C16H22N2O2S2/c1-14-9-10-16(21-14)22(19,20)17-11-6-12-18(2)13-15-7-4-3-5-8-15/h3-5,7-10,17H,6,11-13H2,1-2H3. The zero-order valence-corrected chi connectivity index (χ0v) is 14.6. The molecule has 0 spiro atoms. The summed E-state index contributed by atoms with van der Waals surface area (Å²) < 4.78 is 27.2. The predicted molar refractivity (Wildman–Crippen MR) is 91.6 cm³/mol. The molecular weight excluding hydrogens is 316 g/mol. The number of hydrogen-bond donors (Lipinski definition) is 1. The Morgan fingerprint density at radius 2 is 1.86 bits per heavy atom. The van der Waals surface area contributed by atoms with Crippen LogP contribution in [0.2, 0.25) is 0 Å². The summed E-state index contributed by atoms with van der Waals surface area (Å²) in [6.45, 7) is 4.08. The third kappa shape index (κ3) is 5.21. The number of rotatable bonds is 8. The summed E-state index contributed by atoms with van der Waals surface area (Å²) in [6, 6.07) is 13.7. The first-order valence-corrected chi connectivity index (χ1v) is 9.56. The number of nitrogens with zero attached hydrogens (tertiary/aromatic N) is 1. The third-order valence-electron chi connectivity index (χ3n) is 3.28. The molecule has 1 N–H and O–H groups in total. The molecule has 22 heavy (non-hydrogen) atoms. The van der Waals surface area contributed by atoms with Crippen molar-refractivity contribution in [3.63, 3.8) is 0 Å². The smallest absolute Gasteiger partial charge is 0.250 e. The Labute approximate surface area is 136 Å². The summed E-state index contributed by atoms with van der Waals surface area (Å²) in [7, 11) is -1.30.